The maximum atomic E-state index is 12.7. The van der Waals surface area contributed by atoms with E-state index in [1.165, 1.54) is 0 Å². The summed E-state index contributed by atoms with van der Waals surface area (Å²) in [4.78, 5) is 14.6. The van der Waals surface area contributed by atoms with Gasteiger partial charge in [-0.25, -0.2) is 0 Å². The third-order valence-corrected chi connectivity index (χ3v) is 4.17. The third-order valence-electron chi connectivity index (χ3n) is 4.17. The minimum absolute atomic E-state index is 0.0808. The number of amides is 1. The van der Waals surface area contributed by atoms with Crippen molar-refractivity contribution in [2.24, 2.45) is 5.92 Å². The van der Waals surface area contributed by atoms with Crippen LogP contribution >= 0.6 is 0 Å². The summed E-state index contributed by atoms with van der Waals surface area (Å²) in [6, 6.07) is 5.78. The molecule has 5 nitrogen and oxygen atoms in total. The van der Waals surface area contributed by atoms with Crippen LogP contribution in [0.1, 0.15) is 12.0 Å². The van der Waals surface area contributed by atoms with E-state index in [1.54, 1.807) is 7.11 Å². The molecule has 2 aliphatic rings. The smallest absolute Gasteiger partial charge is 0.229 e. The fourth-order valence-electron chi connectivity index (χ4n) is 2.98. The zero-order valence-electron chi connectivity index (χ0n) is 12.4. The molecule has 0 saturated carbocycles. The second kappa shape index (κ2) is 6.35. The Balaban J connectivity index is 1.71. The highest BCUT2D eigenvalue weighted by Crippen LogP contribution is 2.31. The summed E-state index contributed by atoms with van der Waals surface area (Å²) in [5.74, 6) is 1.82. The van der Waals surface area contributed by atoms with Gasteiger partial charge in [-0.05, 0) is 43.1 Å². The first kappa shape index (κ1) is 14.2. The normalized spacial score (nSPS) is 22.0. The van der Waals surface area contributed by atoms with E-state index in [-0.39, 0.29) is 11.8 Å². The van der Waals surface area contributed by atoms with Crippen molar-refractivity contribution in [2.45, 2.75) is 12.8 Å². The monoisotopic (exact) mass is 290 g/mol. The van der Waals surface area contributed by atoms with Crippen LogP contribution < -0.4 is 14.8 Å². The van der Waals surface area contributed by atoms with Crippen LogP contribution in [0.4, 0.5) is 0 Å². The van der Waals surface area contributed by atoms with Gasteiger partial charge in [0.05, 0.1) is 13.0 Å². The predicted octanol–water partition coefficient (Wildman–Crippen LogP) is 1.07. The first-order valence-electron chi connectivity index (χ1n) is 7.57. The third kappa shape index (κ3) is 3.13. The number of hydrogen-bond acceptors (Lipinski definition) is 4. The van der Waals surface area contributed by atoms with Crippen molar-refractivity contribution in [1.82, 2.24) is 10.2 Å². The first-order chi connectivity index (χ1) is 10.3. The number of carbonyl (C=O) groups is 1. The maximum Gasteiger partial charge on any atom is 0.229 e. The van der Waals surface area contributed by atoms with Gasteiger partial charge in [-0.1, -0.05) is 0 Å². The Labute approximate surface area is 125 Å². The molecule has 0 aromatic heterocycles. The standard InChI is InChI=1S/C16H22N2O3/c1-20-14-3-4-15-12(10-14)9-13(11-21-15)16(19)18-7-2-5-17-6-8-18/h3-4,10,13,17H,2,5-9,11H2,1H3. The van der Waals surface area contributed by atoms with Gasteiger partial charge < -0.3 is 19.7 Å². The summed E-state index contributed by atoms with van der Waals surface area (Å²) in [7, 11) is 1.65. The lowest BCUT2D eigenvalue weighted by Gasteiger charge is -2.29. The first-order valence-corrected chi connectivity index (χ1v) is 7.57. The summed E-state index contributed by atoms with van der Waals surface area (Å²) in [6.45, 7) is 3.98. The van der Waals surface area contributed by atoms with Crippen LogP contribution in [0.15, 0.2) is 18.2 Å². The molecule has 1 N–H and O–H groups in total. The highest BCUT2D eigenvalue weighted by molar-refractivity contribution is 5.80. The number of ether oxygens (including phenoxy) is 2. The highest BCUT2D eigenvalue weighted by atomic mass is 16.5. The second-order valence-electron chi connectivity index (χ2n) is 5.61. The molecule has 3 rings (SSSR count). The molecule has 5 heteroatoms. The average Bonchev–Trinajstić information content (AvgIpc) is 2.82. The molecule has 114 valence electrons. The van der Waals surface area contributed by atoms with Gasteiger partial charge in [-0.15, -0.1) is 0 Å². The Hall–Kier alpha value is -1.75. The van der Waals surface area contributed by atoms with Gasteiger partial charge in [-0.3, -0.25) is 4.79 Å². The van der Waals surface area contributed by atoms with Crippen molar-refractivity contribution >= 4 is 5.91 Å². The molecular formula is C16H22N2O3. The lowest BCUT2D eigenvalue weighted by Crippen LogP contribution is -2.42. The minimum atomic E-state index is -0.0808. The molecule has 1 aromatic carbocycles. The van der Waals surface area contributed by atoms with Crippen molar-refractivity contribution in [2.75, 3.05) is 39.9 Å². The number of methoxy groups -OCH3 is 1. The summed E-state index contributed by atoms with van der Waals surface area (Å²) in [5, 5.41) is 3.32. The molecule has 1 amide bonds. The van der Waals surface area contributed by atoms with E-state index in [1.807, 2.05) is 23.1 Å². The summed E-state index contributed by atoms with van der Waals surface area (Å²) in [6.07, 6.45) is 1.75. The van der Waals surface area contributed by atoms with Crippen molar-refractivity contribution < 1.29 is 14.3 Å². The number of hydrogen-bond donors (Lipinski definition) is 1. The lowest BCUT2D eigenvalue weighted by atomic mass is 9.95. The highest BCUT2D eigenvalue weighted by Gasteiger charge is 2.30. The van der Waals surface area contributed by atoms with Crippen LogP contribution in [0.3, 0.4) is 0 Å². The van der Waals surface area contributed by atoms with Crippen LogP contribution in [-0.4, -0.2) is 50.7 Å². The summed E-state index contributed by atoms with van der Waals surface area (Å²) < 4.78 is 11.0. The molecule has 1 aromatic rings. The van der Waals surface area contributed by atoms with Crippen LogP contribution in [-0.2, 0) is 11.2 Å². The van der Waals surface area contributed by atoms with Gasteiger partial charge in [0.25, 0.3) is 0 Å². The van der Waals surface area contributed by atoms with Crippen LogP contribution in [0.2, 0.25) is 0 Å². The van der Waals surface area contributed by atoms with Gasteiger partial charge in [0, 0.05) is 19.6 Å². The van der Waals surface area contributed by atoms with Crippen LogP contribution in [0, 0.1) is 5.92 Å². The van der Waals surface area contributed by atoms with E-state index in [4.69, 9.17) is 9.47 Å². The average molecular weight is 290 g/mol. The Morgan fingerprint density at radius 2 is 2.29 bits per heavy atom. The van der Waals surface area contributed by atoms with E-state index in [0.717, 1.165) is 56.1 Å². The molecule has 0 radical (unpaired) electrons. The molecule has 0 aliphatic carbocycles. The Morgan fingerprint density at radius 1 is 1.38 bits per heavy atom. The second-order valence-corrected chi connectivity index (χ2v) is 5.61. The zero-order valence-corrected chi connectivity index (χ0v) is 12.4. The summed E-state index contributed by atoms with van der Waals surface area (Å²) >= 11 is 0. The quantitative estimate of drug-likeness (QED) is 0.885. The van der Waals surface area contributed by atoms with Crippen molar-refractivity contribution in [3.8, 4) is 11.5 Å². The number of benzene rings is 1. The van der Waals surface area contributed by atoms with Crippen molar-refractivity contribution in [1.29, 1.82) is 0 Å². The number of nitrogens with one attached hydrogen (secondary N) is 1. The fourth-order valence-corrected chi connectivity index (χ4v) is 2.98. The molecular weight excluding hydrogens is 268 g/mol. The predicted molar refractivity (Wildman–Crippen MR) is 79.7 cm³/mol. The molecule has 1 saturated heterocycles. The number of rotatable bonds is 2. The van der Waals surface area contributed by atoms with Gasteiger partial charge in [0.15, 0.2) is 0 Å². The van der Waals surface area contributed by atoms with E-state index < -0.39 is 0 Å². The molecule has 0 spiro atoms. The zero-order chi connectivity index (χ0) is 14.7. The van der Waals surface area contributed by atoms with E-state index in [0.29, 0.717) is 6.61 Å². The van der Waals surface area contributed by atoms with E-state index >= 15 is 0 Å². The van der Waals surface area contributed by atoms with Crippen LogP contribution in [0.5, 0.6) is 11.5 Å². The van der Waals surface area contributed by atoms with E-state index in [9.17, 15) is 4.79 Å². The Morgan fingerprint density at radius 3 is 3.14 bits per heavy atom. The maximum absolute atomic E-state index is 12.7. The molecule has 1 fully saturated rings. The molecule has 21 heavy (non-hydrogen) atoms. The number of nitrogens with zero attached hydrogens (tertiary/aromatic N) is 1. The number of fused-ring (bicyclic) bond motifs is 1. The number of carbonyl (C=O) groups excluding carboxylic acids is 1. The largest absolute Gasteiger partial charge is 0.497 e. The lowest BCUT2D eigenvalue weighted by molar-refractivity contribution is -0.136. The van der Waals surface area contributed by atoms with Gasteiger partial charge in [0.2, 0.25) is 5.91 Å². The fraction of sp³-hybridized carbons (Fsp3) is 0.562. The molecule has 1 atom stereocenters. The Bertz CT molecular complexity index is 510. The van der Waals surface area contributed by atoms with Crippen molar-refractivity contribution in [3.63, 3.8) is 0 Å². The molecule has 0 bridgehead atoms. The molecule has 2 aliphatic heterocycles. The van der Waals surface area contributed by atoms with Gasteiger partial charge in [-0.2, -0.15) is 0 Å². The Kier molecular flexibility index (Phi) is 4.29. The minimum Gasteiger partial charge on any atom is -0.497 e. The van der Waals surface area contributed by atoms with Gasteiger partial charge in [0.1, 0.15) is 18.1 Å². The van der Waals surface area contributed by atoms with Gasteiger partial charge >= 0.3 is 0 Å². The molecule has 1 unspecified atom stereocenters. The van der Waals surface area contributed by atoms with Crippen molar-refractivity contribution in [3.05, 3.63) is 23.8 Å². The van der Waals surface area contributed by atoms with E-state index in [2.05, 4.69) is 5.32 Å². The topological polar surface area (TPSA) is 50.8 Å². The van der Waals surface area contributed by atoms with Crippen LogP contribution in [0.25, 0.3) is 0 Å². The SMILES string of the molecule is COc1ccc2c(c1)CC(C(=O)N1CCCNCC1)CO2. The molecule has 2 heterocycles. The summed E-state index contributed by atoms with van der Waals surface area (Å²) in [5.41, 5.74) is 1.06.